The van der Waals surface area contributed by atoms with E-state index in [2.05, 4.69) is 91.2 Å². The largest absolute Gasteiger partial charge is 0.362 e. The molecule has 0 saturated heterocycles. The number of hydrogen-bond donors (Lipinski definition) is 2. The highest BCUT2D eigenvalue weighted by atomic mass is 32.2. The fourth-order valence-corrected chi connectivity index (χ4v) is 3.91. The van der Waals surface area contributed by atoms with Crippen molar-refractivity contribution in [2.45, 2.75) is 30.1 Å². The highest BCUT2D eigenvalue weighted by molar-refractivity contribution is 7.99. The number of rotatable bonds is 6. The second-order valence-corrected chi connectivity index (χ2v) is 8.04. The van der Waals surface area contributed by atoms with Gasteiger partial charge in [-0.15, -0.1) is 0 Å². The molecule has 0 aliphatic rings. The van der Waals surface area contributed by atoms with E-state index >= 15 is 0 Å². The first-order chi connectivity index (χ1) is 13.1. The van der Waals surface area contributed by atoms with Gasteiger partial charge in [0, 0.05) is 22.0 Å². The minimum Gasteiger partial charge on any atom is -0.362 e. The molecule has 3 aromatic carbocycles. The Morgan fingerprint density at radius 1 is 0.926 bits per heavy atom. The zero-order valence-electron chi connectivity index (χ0n) is 15.7. The molecule has 138 valence electrons. The molecule has 0 atom stereocenters. The van der Waals surface area contributed by atoms with E-state index in [9.17, 15) is 0 Å². The van der Waals surface area contributed by atoms with E-state index in [1.165, 1.54) is 26.5 Å². The predicted molar refractivity (Wildman–Crippen MR) is 121 cm³/mol. The Balaban J connectivity index is 1.49. The first-order valence-corrected chi connectivity index (χ1v) is 10.3. The van der Waals surface area contributed by atoms with Crippen LogP contribution >= 0.6 is 24.0 Å². The quantitative estimate of drug-likeness (QED) is 0.504. The molecule has 0 aliphatic carbocycles. The molecule has 3 aromatic rings. The van der Waals surface area contributed by atoms with Gasteiger partial charge in [0.05, 0.1) is 0 Å². The molecule has 0 unspecified atom stereocenters. The van der Waals surface area contributed by atoms with Gasteiger partial charge in [0.2, 0.25) is 0 Å². The van der Waals surface area contributed by atoms with Crippen LogP contribution in [-0.4, -0.2) is 11.7 Å². The SMILES string of the molecule is Cc1ccc(C)c(Sc2ccc(NC(=S)NCCc3ccccc3)cc2)c1. The average Bonchev–Trinajstić information content (AvgIpc) is 2.67. The fourth-order valence-electron chi connectivity index (χ4n) is 2.69. The molecule has 0 bridgehead atoms. The fraction of sp³-hybridized carbons (Fsp3) is 0.174. The molecular weight excluding hydrogens is 368 g/mol. The van der Waals surface area contributed by atoms with Gasteiger partial charge in [-0.1, -0.05) is 54.2 Å². The third-order valence-electron chi connectivity index (χ3n) is 4.23. The zero-order chi connectivity index (χ0) is 19.1. The second kappa shape index (κ2) is 9.58. The lowest BCUT2D eigenvalue weighted by molar-refractivity contribution is 0.873. The van der Waals surface area contributed by atoms with Gasteiger partial charge in [-0.25, -0.2) is 0 Å². The molecule has 0 fully saturated rings. The molecule has 2 nitrogen and oxygen atoms in total. The molecule has 0 saturated carbocycles. The van der Waals surface area contributed by atoms with Gasteiger partial charge in [0.15, 0.2) is 5.11 Å². The Kier molecular flexibility index (Phi) is 6.91. The maximum absolute atomic E-state index is 5.39. The standard InChI is InChI=1S/C23H24N2S2/c1-17-8-9-18(2)22(16-17)27-21-12-10-20(11-13-21)25-23(26)24-15-14-19-6-4-3-5-7-19/h3-13,16H,14-15H2,1-2H3,(H2,24,25,26). The summed E-state index contributed by atoms with van der Waals surface area (Å²) in [7, 11) is 0. The van der Waals surface area contributed by atoms with Gasteiger partial charge in [0.1, 0.15) is 0 Å². The van der Waals surface area contributed by atoms with Gasteiger partial charge in [-0.2, -0.15) is 0 Å². The van der Waals surface area contributed by atoms with E-state index in [0.717, 1.165) is 18.7 Å². The zero-order valence-corrected chi connectivity index (χ0v) is 17.3. The van der Waals surface area contributed by atoms with E-state index in [-0.39, 0.29) is 0 Å². The van der Waals surface area contributed by atoms with Crippen LogP contribution < -0.4 is 10.6 Å². The molecule has 4 heteroatoms. The van der Waals surface area contributed by atoms with Crippen LogP contribution in [0.4, 0.5) is 5.69 Å². The molecule has 0 spiro atoms. The number of nitrogens with one attached hydrogen (secondary N) is 2. The van der Waals surface area contributed by atoms with Crippen molar-refractivity contribution in [1.29, 1.82) is 0 Å². The van der Waals surface area contributed by atoms with Gasteiger partial charge in [0.25, 0.3) is 0 Å². The third kappa shape index (κ3) is 6.12. The Bertz CT molecular complexity index is 890. The van der Waals surface area contributed by atoms with Gasteiger partial charge >= 0.3 is 0 Å². The van der Waals surface area contributed by atoms with Crippen LogP contribution in [0.2, 0.25) is 0 Å². The summed E-state index contributed by atoms with van der Waals surface area (Å²) in [6.07, 6.45) is 0.952. The van der Waals surface area contributed by atoms with E-state index in [1.807, 2.05) is 6.07 Å². The Labute approximate surface area is 171 Å². The minimum absolute atomic E-state index is 0.654. The number of aryl methyl sites for hydroxylation is 2. The minimum atomic E-state index is 0.654. The van der Waals surface area contributed by atoms with Crippen molar-refractivity contribution in [2.24, 2.45) is 0 Å². The van der Waals surface area contributed by atoms with Gasteiger partial charge in [-0.3, -0.25) is 0 Å². The van der Waals surface area contributed by atoms with Crippen molar-refractivity contribution in [3.05, 3.63) is 89.5 Å². The first kappa shape index (κ1) is 19.5. The van der Waals surface area contributed by atoms with Crippen molar-refractivity contribution in [3.63, 3.8) is 0 Å². The number of thiocarbonyl (C=S) groups is 1. The summed E-state index contributed by atoms with van der Waals surface area (Å²) in [6, 6.07) is 25.4. The molecule has 3 rings (SSSR count). The summed E-state index contributed by atoms with van der Waals surface area (Å²) < 4.78 is 0. The molecule has 2 N–H and O–H groups in total. The summed E-state index contributed by atoms with van der Waals surface area (Å²) >= 11 is 7.18. The van der Waals surface area contributed by atoms with Crippen molar-refractivity contribution in [1.82, 2.24) is 5.32 Å². The van der Waals surface area contributed by atoms with E-state index in [1.54, 1.807) is 11.8 Å². The van der Waals surface area contributed by atoms with Crippen LogP contribution in [0.25, 0.3) is 0 Å². The smallest absolute Gasteiger partial charge is 0.170 e. The Morgan fingerprint density at radius 3 is 2.41 bits per heavy atom. The van der Waals surface area contributed by atoms with Crippen LogP contribution in [-0.2, 0) is 6.42 Å². The van der Waals surface area contributed by atoms with Gasteiger partial charge in [-0.05, 0) is 79.5 Å². The molecule has 0 amide bonds. The Hall–Kier alpha value is -2.30. The van der Waals surface area contributed by atoms with Crippen LogP contribution in [0.1, 0.15) is 16.7 Å². The lowest BCUT2D eigenvalue weighted by Crippen LogP contribution is -2.30. The van der Waals surface area contributed by atoms with E-state index < -0.39 is 0 Å². The van der Waals surface area contributed by atoms with Crippen molar-refractivity contribution in [2.75, 3.05) is 11.9 Å². The summed E-state index contributed by atoms with van der Waals surface area (Å²) in [5, 5.41) is 7.17. The number of hydrogen-bond acceptors (Lipinski definition) is 2. The molecule has 0 radical (unpaired) electrons. The lowest BCUT2D eigenvalue weighted by Gasteiger charge is -2.11. The molecule has 27 heavy (non-hydrogen) atoms. The topological polar surface area (TPSA) is 24.1 Å². The number of benzene rings is 3. The van der Waals surface area contributed by atoms with E-state index in [4.69, 9.17) is 12.2 Å². The highest BCUT2D eigenvalue weighted by Gasteiger charge is 2.03. The molecule has 0 heterocycles. The highest BCUT2D eigenvalue weighted by Crippen LogP contribution is 2.31. The maximum atomic E-state index is 5.39. The summed E-state index contributed by atoms with van der Waals surface area (Å²) in [5.74, 6) is 0. The molecule has 0 aromatic heterocycles. The van der Waals surface area contributed by atoms with E-state index in [0.29, 0.717) is 5.11 Å². The van der Waals surface area contributed by atoms with Gasteiger partial charge < -0.3 is 10.6 Å². The van der Waals surface area contributed by atoms with Crippen LogP contribution in [0.3, 0.4) is 0 Å². The summed E-state index contributed by atoms with van der Waals surface area (Å²) in [5.41, 5.74) is 4.89. The first-order valence-electron chi connectivity index (χ1n) is 9.04. The van der Waals surface area contributed by atoms with Crippen LogP contribution in [0, 0.1) is 13.8 Å². The van der Waals surface area contributed by atoms with Crippen molar-refractivity contribution in [3.8, 4) is 0 Å². The van der Waals surface area contributed by atoms with Crippen LogP contribution in [0.5, 0.6) is 0 Å². The normalized spacial score (nSPS) is 10.4. The predicted octanol–water partition coefficient (Wildman–Crippen LogP) is 5.98. The van der Waals surface area contributed by atoms with Crippen molar-refractivity contribution < 1.29 is 0 Å². The van der Waals surface area contributed by atoms with Crippen molar-refractivity contribution >= 4 is 34.8 Å². The molecular formula is C23H24N2S2. The van der Waals surface area contributed by atoms with Crippen LogP contribution in [0.15, 0.2) is 82.6 Å². The maximum Gasteiger partial charge on any atom is 0.170 e. The third-order valence-corrected chi connectivity index (χ3v) is 5.64. The molecule has 0 aliphatic heterocycles. The summed E-state index contributed by atoms with van der Waals surface area (Å²) in [4.78, 5) is 2.52. The lowest BCUT2D eigenvalue weighted by atomic mass is 10.1. The number of anilines is 1. The average molecular weight is 393 g/mol. The monoisotopic (exact) mass is 392 g/mol. The summed E-state index contributed by atoms with van der Waals surface area (Å²) in [6.45, 7) is 5.09. The second-order valence-electron chi connectivity index (χ2n) is 6.51. The Morgan fingerprint density at radius 2 is 1.67 bits per heavy atom.